The normalized spacial score (nSPS) is 11.3. The summed E-state index contributed by atoms with van der Waals surface area (Å²) < 4.78 is 25.9. The highest BCUT2D eigenvalue weighted by Gasteiger charge is 2.21. The van der Waals surface area contributed by atoms with Crippen molar-refractivity contribution < 1.29 is 13.7 Å². The van der Waals surface area contributed by atoms with Gasteiger partial charge in [0.15, 0.2) is 11.6 Å². The fourth-order valence-corrected chi connectivity index (χ4v) is 5.01. The molecule has 10 heteroatoms. The Bertz CT molecular complexity index is 1450. The van der Waals surface area contributed by atoms with Crippen LogP contribution in [0.1, 0.15) is 11.1 Å². The molecule has 0 N–H and O–H groups in total. The van der Waals surface area contributed by atoms with E-state index in [1.165, 1.54) is 52.8 Å². The number of ether oxygens (including phenoxy) is 1. The standard InChI is InChI=1S/C21H15FN4O3S2/c1-11-16-20(31-17(11)19-24-18(25-29-19)15-4-3-7-30-15)23-10-26(21(16)27)9-12-5-6-14(28-2)13(22)8-12/h3-8,10H,9H2,1-2H3. The van der Waals surface area contributed by atoms with E-state index >= 15 is 0 Å². The summed E-state index contributed by atoms with van der Waals surface area (Å²) >= 11 is 2.85. The van der Waals surface area contributed by atoms with E-state index in [0.29, 0.717) is 32.4 Å². The molecule has 31 heavy (non-hydrogen) atoms. The maximum atomic E-state index is 14.0. The average molecular weight is 455 g/mol. The lowest BCUT2D eigenvalue weighted by Crippen LogP contribution is -2.21. The molecule has 7 nitrogen and oxygen atoms in total. The third-order valence-corrected chi connectivity index (χ3v) is 6.90. The zero-order valence-corrected chi connectivity index (χ0v) is 18.1. The van der Waals surface area contributed by atoms with Gasteiger partial charge in [-0.3, -0.25) is 9.36 Å². The van der Waals surface area contributed by atoms with Crippen molar-refractivity contribution in [3.05, 3.63) is 69.3 Å². The maximum Gasteiger partial charge on any atom is 0.268 e. The second-order valence-corrected chi connectivity index (χ2v) is 8.73. The summed E-state index contributed by atoms with van der Waals surface area (Å²) in [6.45, 7) is 2.03. The first-order valence-electron chi connectivity index (χ1n) is 9.24. The highest BCUT2D eigenvalue weighted by Crippen LogP contribution is 2.36. The van der Waals surface area contributed by atoms with Gasteiger partial charge >= 0.3 is 0 Å². The van der Waals surface area contributed by atoms with Gasteiger partial charge in [-0.15, -0.1) is 22.7 Å². The molecule has 0 bridgehead atoms. The van der Waals surface area contributed by atoms with Gasteiger partial charge in [0.2, 0.25) is 5.82 Å². The number of hydrogen-bond acceptors (Lipinski definition) is 8. The summed E-state index contributed by atoms with van der Waals surface area (Å²) in [6, 6.07) is 8.44. The lowest BCUT2D eigenvalue weighted by atomic mass is 10.2. The summed E-state index contributed by atoms with van der Waals surface area (Å²) in [5.74, 6) is 0.541. The quantitative estimate of drug-likeness (QED) is 0.381. The van der Waals surface area contributed by atoms with Gasteiger partial charge in [0, 0.05) is 0 Å². The molecule has 1 aromatic carbocycles. The molecule has 0 aliphatic rings. The summed E-state index contributed by atoms with van der Waals surface area (Å²) in [4.78, 5) is 24.3. The highest BCUT2D eigenvalue weighted by atomic mass is 32.1. The molecule has 0 atom stereocenters. The van der Waals surface area contributed by atoms with Gasteiger partial charge < -0.3 is 9.26 Å². The molecule has 5 rings (SSSR count). The minimum Gasteiger partial charge on any atom is -0.494 e. The van der Waals surface area contributed by atoms with Crippen LogP contribution in [0.25, 0.3) is 31.7 Å². The number of hydrogen-bond donors (Lipinski definition) is 0. The third kappa shape index (κ3) is 3.43. The van der Waals surface area contributed by atoms with Crippen molar-refractivity contribution in [3.8, 4) is 27.2 Å². The van der Waals surface area contributed by atoms with Crippen molar-refractivity contribution in [3.63, 3.8) is 0 Å². The SMILES string of the molecule is COc1ccc(Cn2cnc3sc(-c4nc(-c5cccs5)no4)c(C)c3c2=O)cc1F. The van der Waals surface area contributed by atoms with Crippen LogP contribution in [-0.4, -0.2) is 26.8 Å². The van der Waals surface area contributed by atoms with E-state index in [1.807, 2.05) is 24.4 Å². The summed E-state index contributed by atoms with van der Waals surface area (Å²) in [6.07, 6.45) is 1.47. The van der Waals surface area contributed by atoms with E-state index in [2.05, 4.69) is 15.1 Å². The Hall–Kier alpha value is -3.37. The fraction of sp³-hybridized carbons (Fsp3) is 0.143. The maximum absolute atomic E-state index is 14.0. The van der Waals surface area contributed by atoms with E-state index in [1.54, 1.807) is 6.07 Å². The zero-order valence-electron chi connectivity index (χ0n) is 16.5. The molecule has 0 aliphatic heterocycles. The molecule has 0 unspecified atom stereocenters. The van der Waals surface area contributed by atoms with Crippen LogP contribution in [0.4, 0.5) is 4.39 Å². The van der Waals surface area contributed by atoms with Gasteiger partial charge in [-0.05, 0) is 41.6 Å². The van der Waals surface area contributed by atoms with Crippen LogP contribution in [0.5, 0.6) is 5.75 Å². The van der Waals surface area contributed by atoms with E-state index in [0.717, 1.165) is 10.4 Å². The first kappa shape index (κ1) is 19.6. The van der Waals surface area contributed by atoms with Gasteiger partial charge in [0.05, 0.1) is 35.1 Å². The fourth-order valence-electron chi connectivity index (χ4n) is 3.30. The van der Waals surface area contributed by atoms with Crippen molar-refractivity contribution in [1.82, 2.24) is 19.7 Å². The van der Waals surface area contributed by atoms with Gasteiger partial charge in [-0.1, -0.05) is 17.3 Å². The minimum absolute atomic E-state index is 0.157. The van der Waals surface area contributed by atoms with Crippen LogP contribution in [0.15, 0.2) is 51.4 Å². The molecular weight excluding hydrogens is 439 g/mol. The third-order valence-electron chi connectivity index (χ3n) is 4.85. The molecule has 0 aliphatic carbocycles. The average Bonchev–Trinajstić information content (AvgIpc) is 3.50. The number of aromatic nitrogens is 4. The van der Waals surface area contributed by atoms with Crippen molar-refractivity contribution >= 4 is 32.9 Å². The van der Waals surface area contributed by atoms with Crippen LogP contribution in [0.3, 0.4) is 0 Å². The lowest BCUT2D eigenvalue weighted by Gasteiger charge is -2.07. The van der Waals surface area contributed by atoms with Crippen molar-refractivity contribution in [1.29, 1.82) is 0 Å². The van der Waals surface area contributed by atoms with Crippen molar-refractivity contribution in [2.24, 2.45) is 0 Å². The van der Waals surface area contributed by atoms with Gasteiger partial charge in [-0.25, -0.2) is 9.37 Å². The van der Waals surface area contributed by atoms with Crippen LogP contribution < -0.4 is 10.3 Å². The molecule has 0 amide bonds. The largest absolute Gasteiger partial charge is 0.494 e. The topological polar surface area (TPSA) is 83.0 Å². The highest BCUT2D eigenvalue weighted by molar-refractivity contribution is 7.22. The zero-order chi connectivity index (χ0) is 21.5. The number of methoxy groups -OCH3 is 1. The van der Waals surface area contributed by atoms with Crippen molar-refractivity contribution in [2.45, 2.75) is 13.5 Å². The molecule has 4 aromatic heterocycles. The molecule has 0 fully saturated rings. The summed E-state index contributed by atoms with van der Waals surface area (Å²) in [5, 5.41) is 6.48. The summed E-state index contributed by atoms with van der Waals surface area (Å²) in [7, 11) is 1.41. The van der Waals surface area contributed by atoms with Gasteiger partial charge in [0.1, 0.15) is 4.83 Å². The first-order chi connectivity index (χ1) is 15.0. The second-order valence-electron chi connectivity index (χ2n) is 6.78. The van der Waals surface area contributed by atoms with Crippen LogP contribution >= 0.6 is 22.7 Å². The van der Waals surface area contributed by atoms with E-state index in [4.69, 9.17) is 9.26 Å². The number of halogens is 1. The first-order valence-corrected chi connectivity index (χ1v) is 10.9. The van der Waals surface area contributed by atoms with E-state index in [-0.39, 0.29) is 17.9 Å². The Balaban J connectivity index is 1.53. The Morgan fingerprint density at radius 3 is 2.90 bits per heavy atom. The Labute approximate surface area is 183 Å². The molecular formula is C21H15FN4O3S2. The molecule has 156 valence electrons. The van der Waals surface area contributed by atoms with E-state index in [9.17, 15) is 9.18 Å². The summed E-state index contributed by atoms with van der Waals surface area (Å²) in [5.41, 5.74) is 1.15. The smallest absolute Gasteiger partial charge is 0.268 e. The monoisotopic (exact) mass is 454 g/mol. The van der Waals surface area contributed by atoms with Crippen LogP contribution in [-0.2, 0) is 6.54 Å². The number of fused-ring (bicyclic) bond motifs is 1. The Morgan fingerprint density at radius 1 is 1.29 bits per heavy atom. The lowest BCUT2D eigenvalue weighted by molar-refractivity contribution is 0.386. The van der Waals surface area contributed by atoms with E-state index < -0.39 is 5.82 Å². The van der Waals surface area contributed by atoms with Crippen LogP contribution in [0, 0.1) is 12.7 Å². The second kappa shape index (κ2) is 7.71. The van der Waals surface area contributed by atoms with Crippen LogP contribution in [0.2, 0.25) is 0 Å². The predicted octanol–water partition coefficient (Wildman–Crippen LogP) is 4.74. The van der Waals surface area contributed by atoms with Gasteiger partial charge in [-0.2, -0.15) is 4.98 Å². The predicted molar refractivity (Wildman–Crippen MR) is 117 cm³/mol. The number of nitrogens with zero attached hydrogens (tertiary/aromatic N) is 4. The Morgan fingerprint density at radius 2 is 2.16 bits per heavy atom. The molecule has 0 radical (unpaired) electrons. The van der Waals surface area contributed by atoms with Crippen molar-refractivity contribution in [2.75, 3.05) is 7.11 Å². The molecule has 0 spiro atoms. The molecule has 4 heterocycles. The van der Waals surface area contributed by atoms with Gasteiger partial charge in [0.25, 0.3) is 11.4 Å². The molecule has 5 aromatic rings. The minimum atomic E-state index is -0.478. The number of benzene rings is 1. The number of thiophene rings is 2. The molecule has 0 saturated carbocycles. The molecule has 0 saturated heterocycles. The number of aryl methyl sites for hydroxylation is 1. The Kier molecular flexibility index (Phi) is 4.87. The number of rotatable bonds is 5.